The first-order valence-corrected chi connectivity index (χ1v) is 7.85. The van der Waals surface area contributed by atoms with Crippen LogP contribution in [-0.2, 0) is 11.3 Å². The second kappa shape index (κ2) is 12.2. The molecule has 0 saturated heterocycles. The quantitative estimate of drug-likeness (QED) is 0.749. The summed E-state index contributed by atoms with van der Waals surface area (Å²) in [5, 5.41) is 2.85. The first-order chi connectivity index (χ1) is 11.6. The lowest BCUT2D eigenvalue weighted by molar-refractivity contribution is -0.121. The molecule has 0 aliphatic heterocycles. The van der Waals surface area contributed by atoms with Crippen molar-refractivity contribution in [3.05, 3.63) is 59.9 Å². The van der Waals surface area contributed by atoms with Gasteiger partial charge in [0.2, 0.25) is 5.91 Å². The highest BCUT2D eigenvalue weighted by Crippen LogP contribution is 2.16. The van der Waals surface area contributed by atoms with Crippen molar-refractivity contribution in [2.24, 2.45) is 5.73 Å². The zero-order valence-corrected chi connectivity index (χ0v) is 16.2. The fraction of sp³-hybridized carbons (Fsp3) is 0.278. The van der Waals surface area contributed by atoms with Crippen LogP contribution in [0, 0.1) is 0 Å². The Morgan fingerprint density at radius 2 is 1.69 bits per heavy atom. The summed E-state index contributed by atoms with van der Waals surface area (Å²) in [6, 6.07) is 10.9. The van der Waals surface area contributed by atoms with Crippen molar-refractivity contribution in [3.8, 4) is 0 Å². The second-order valence-corrected chi connectivity index (χ2v) is 5.44. The minimum absolute atomic E-state index is 0. The van der Waals surface area contributed by atoms with Crippen molar-refractivity contribution in [1.29, 1.82) is 0 Å². The minimum atomic E-state index is -0.0970. The number of amides is 2. The summed E-state index contributed by atoms with van der Waals surface area (Å²) in [5.41, 5.74) is 7.73. The van der Waals surface area contributed by atoms with Gasteiger partial charge in [0, 0.05) is 43.7 Å². The molecule has 0 unspecified atom stereocenters. The van der Waals surface area contributed by atoms with Gasteiger partial charge in [-0.3, -0.25) is 14.6 Å². The summed E-state index contributed by atoms with van der Waals surface area (Å²) in [7, 11) is 1.73. The molecule has 1 aromatic carbocycles. The molecule has 0 spiro atoms. The molecule has 26 heavy (non-hydrogen) atoms. The maximum atomic E-state index is 12.4. The van der Waals surface area contributed by atoms with E-state index < -0.39 is 0 Å². The summed E-state index contributed by atoms with van der Waals surface area (Å²) in [6.07, 6.45) is 4.32. The third-order valence-corrected chi connectivity index (χ3v) is 3.65. The molecule has 0 radical (unpaired) electrons. The maximum absolute atomic E-state index is 12.4. The smallest absolute Gasteiger partial charge is 0.258 e. The van der Waals surface area contributed by atoms with Crippen molar-refractivity contribution in [3.63, 3.8) is 0 Å². The van der Waals surface area contributed by atoms with E-state index in [2.05, 4.69) is 10.3 Å². The van der Waals surface area contributed by atoms with Gasteiger partial charge < -0.3 is 16.0 Å². The lowest BCUT2D eigenvalue weighted by Gasteiger charge is -2.17. The van der Waals surface area contributed by atoms with Crippen LogP contribution in [0.4, 0.5) is 5.69 Å². The Kier molecular flexibility index (Phi) is 11.2. The Hall–Kier alpha value is -2.15. The summed E-state index contributed by atoms with van der Waals surface area (Å²) in [4.78, 5) is 29.4. The first kappa shape index (κ1) is 23.9. The Morgan fingerprint density at radius 1 is 1.08 bits per heavy atom. The number of carbonyl (C=O) groups is 2. The maximum Gasteiger partial charge on any atom is 0.258 e. The molecular formula is C18H24Cl2N4O2. The number of halogens is 2. The van der Waals surface area contributed by atoms with Crippen LogP contribution in [0.2, 0.25) is 0 Å². The lowest BCUT2D eigenvalue weighted by atomic mass is 10.1. The molecule has 8 heteroatoms. The Bertz CT molecular complexity index is 681. The predicted octanol–water partition coefficient (Wildman–Crippen LogP) is 2.56. The number of nitrogens with one attached hydrogen (secondary N) is 1. The standard InChI is InChI=1S/C18H22N4O2.2ClH/c1-22(18(24)15-8-11-20-12-9-15)16-6-4-14(5-7-16)13-21-17(23)3-2-10-19;;/h4-9,11-12H,2-3,10,13,19H2,1H3,(H,21,23);2*1H. The van der Waals surface area contributed by atoms with Gasteiger partial charge in [-0.25, -0.2) is 0 Å². The average molecular weight is 399 g/mol. The number of anilines is 1. The van der Waals surface area contributed by atoms with E-state index in [0.29, 0.717) is 31.5 Å². The van der Waals surface area contributed by atoms with Gasteiger partial charge in [0.25, 0.3) is 5.91 Å². The number of nitrogens with zero attached hydrogens (tertiary/aromatic N) is 2. The molecule has 1 aromatic heterocycles. The Morgan fingerprint density at radius 3 is 2.27 bits per heavy atom. The first-order valence-electron chi connectivity index (χ1n) is 7.85. The molecule has 2 rings (SSSR count). The third kappa shape index (κ3) is 7.00. The summed E-state index contributed by atoms with van der Waals surface area (Å²) >= 11 is 0. The zero-order chi connectivity index (χ0) is 17.4. The van der Waals surface area contributed by atoms with E-state index in [-0.39, 0.29) is 36.6 Å². The van der Waals surface area contributed by atoms with Crippen molar-refractivity contribution in [1.82, 2.24) is 10.3 Å². The van der Waals surface area contributed by atoms with E-state index in [0.717, 1.165) is 11.3 Å². The van der Waals surface area contributed by atoms with Crippen molar-refractivity contribution < 1.29 is 9.59 Å². The normalized spacial score (nSPS) is 9.46. The van der Waals surface area contributed by atoms with Gasteiger partial charge in [0.15, 0.2) is 0 Å². The van der Waals surface area contributed by atoms with Crippen LogP contribution in [-0.4, -0.2) is 30.4 Å². The molecule has 0 saturated carbocycles. The molecule has 3 N–H and O–H groups in total. The highest BCUT2D eigenvalue weighted by molar-refractivity contribution is 6.05. The molecule has 0 aliphatic carbocycles. The van der Waals surface area contributed by atoms with Crippen molar-refractivity contribution in [2.45, 2.75) is 19.4 Å². The van der Waals surface area contributed by atoms with E-state index in [1.807, 2.05) is 24.3 Å². The number of nitrogens with two attached hydrogens (primary N) is 1. The predicted molar refractivity (Wildman–Crippen MR) is 108 cm³/mol. The van der Waals surface area contributed by atoms with Crippen molar-refractivity contribution >= 4 is 42.3 Å². The fourth-order valence-corrected chi connectivity index (χ4v) is 2.19. The molecule has 6 nitrogen and oxygen atoms in total. The molecule has 0 aliphatic rings. The second-order valence-electron chi connectivity index (χ2n) is 5.44. The van der Waals surface area contributed by atoms with Crippen molar-refractivity contribution in [2.75, 3.05) is 18.5 Å². The number of hydrogen-bond donors (Lipinski definition) is 2. The topological polar surface area (TPSA) is 88.3 Å². The number of aromatic nitrogens is 1. The van der Waals surface area contributed by atoms with Gasteiger partial charge in [0.05, 0.1) is 0 Å². The van der Waals surface area contributed by atoms with Gasteiger partial charge in [-0.1, -0.05) is 12.1 Å². The SMILES string of the molecule is CN(C(=O)c1ccncc1)c1ccc(CNC(=O)CCCN)cc1.Cl.Cl. The van der Waals surface area contributed by atoms with Gasteiger partial charge in [0.1, 0.15) is 0 Å². The van der Waals surface area contributed by atoms with E-state index in [1.165, 1.54) is 0 Å². The van der Waals surface area contributed by atoms with E-state index in [1.54, 1.807) is 36.5 Å². The van der Waals surface area contributed by atoms with Gasteiger partial charge >= 0.3 is 0 Å². The summed E-state index contributed by atoms with van der Waals surface area (Å²) in [6.45, 7) is 0.978. The van der Waals surface area contributed by atoms with Crippen LogP contribution in [0.15, 0.2) is 48.8 Å². The summed E-state index contributed by atoms with van der Waals surface area (Å²) in [5.74, 6) is -0.102. The molecule has 2 amide bonds. The number of carbonyl (C=O) groups excluding carboxylic acids is 2. The molecule has 0 atom stereocenters. The lowest BCUT2D eigenvalue weighted by Crippen LogP contribution is -2.26. The van der Waals surface area contributed by atoms with Gasteiger partial charge in [-0.05, 0) is 42.8 Å². The number of pyridine rings is 1. The average Bonchev–Trinajstić information content (AvgIpc) is 2.64. The van der Waals surface area contributed by atoms with Gasteiger partial charge in [-0.2, -0.15) is 0 Å². The molecule has 1 heterocycles. The number of hydrogen-bond acceptors (Lipinski definition) is 4. The highest BCUT2D eigenvalue weighted by Gasteiger charge is 2.13. The van der Waals surface area contributed by atoms with Crippen LogP contribution in [0.25, 0.3) is 0 Å². The molecule has 2 aromatic rings. The van der Waals surface area contributed by atoms with Gasteiger partial charge in [-0.15, -0.1) is 24.8 Å². The zero-order valence-electron chi connectivity index (χ0n) is 14.6. The fourth-order valence-electron chi connectivity index (χ4n) is 2.19. The number of rotatable bonds is 7. The van der Waals surface area contributed by atoms with Crippen LogP contribution >= 0.6 is 24.8 Å². The largest absolute Gasteiger partial charge is 0.352 e. The molecule has 0 bridgehead atoms. The molecule has 0 fully saturated rings. The van der Waals surface area contributed by atoms with Crippen LogP contribution < -0.4 is 16.0 Å². The molecular weight excluding hydrogens is 375 g/mol. The molecule has 142 valence electrons. The van der Waals surface area contributed by atoms with Crippen LogP contribution in [0.3, 0.4) is 0 Å². The van der Waals surface area contributed by atoms with E-state index in [4.69, 9.17) is 5.73 Å². The van der Waals surface area contributed by atoms with E-state index >= 15 is 0 Å². The van der Waals surface area contributed by atoms with Crippen LogP contribution in [0.1, 0.15) is 28.8 Å². The summed E-state index contributed by atoms with van der Waals surface area (Å²) < 4.78 is 0. The minimum Gasteiger partial charge on any atom is -0.352 e. The van der Waals surface area contributed by atoms with Crippen LogP contribution in [0.5, 0.6) is 0 Å². The van der Waals surface area contributed by atoms with E-state index in [9.17, 15) is 9.59 Å². The number of benzene rings is 1. The Balaban J connectivity index is 0.00000312. The Labute approximate surface area is 166 Å². The third-order valence-electron chi connectivity index (χ3n) is 3.65. The highest BCUT2D eigenvalue weighted by atomic mass is 35.5. The monoisotopic (exact) mass is 398 g/mol.